The Morgan fingerprint density at radius 2 is 2.00 bits per heavy atom. The van der Waals surface area contributed by atoms with E-state index >= 15 is 0 Å². The summed E-state index contributed by atoms with van der Waals surface area (Å²) >= 11 is 0. The molecular formula is C17H32N2. The predicted molar refractivity (Wildman–Crippen MR) is 81.2 cm³/mol. The van der Waals surface area contributed by atoms with Crippen molar-refractivity contribution in [2.24, 2.45) is 22.7 Å². The van der Waals surface area contributed by atoms with Gasteiger partial charge in [0.1, 0.15) is 0 Å². The van der Waals surface area contributed by atoms with Crippen LogP contribution in [-0.4, -0.2) is 37.1 Å². The molecule has 3 rings (SSSR count). The average Bonchev–Trinajstić information content (AvgIpc) is 2.99. The lowest BCUT2D eigenvalue weighted by Gasteiger charge is -2.43. The Kier molecular flexibility index (Phi) is 3.46. The summed E-state index contributed by atoms with van der Waals surface area (Å²) in [5, 5.41) is 4.00. The van der Waals surface area contributed by atoms with E-state index in [9.17, 15) is 0 Å². The molecule has 2 bridgehead atoms. The van der Waals surface area contributed by atoms with Gasteiger partial charge in [0, 0.05) is 12.6 Å². The summed E-state index contributed by atoms with van der Waals surface area (Å²) in [7, 11) is 0. The largest absolute Gasteiger partial charge is 0.313 e. The van der Waals surface area contributed by atoms with Gasteiger partial charge in [-0.05, 0) is 68.0 Å². The fraction of sp³-hybridized carbons (Fsp3) is 1.00. The van der Waals surface area contributed by atoms with E-state index in [0.29, 0.717) is 10.8 Å². The lowest BCUT2D eigenvalue weighted by atomic mass is 9.68. The third kappa shape index (κ3) is 2.25. The van der Waals surface area contributed by atoms with Crippen LogP contribution in [0.5, 0.6) is 0 Å². The quantitative estimate of drug-likeness (QED) is 0.839. The number of hydrogen-bond donors (Lipinski definition) is 1. The van der Waals surface area contributed by atoms with Crippen molar-refractivity contribution in [2.75, 3.05) is 26.2 Å². The molecule has 3 aliphatic rings. The summed E-state index contributed by atoms with van der Waals surface area (Å²) < 4.78 is 0. The molecule has 0 aromatic heterocycles. The maximum atomic E-state index is 4.00. The first-order valence-corrected chi connectivity index (χ1v) is 8.41. The molecule has 4 unspecified atom stereocenters. The van der Waals surface area contributed by atoms with E-state index in [-0.39, 0.29) is 0 Å². The fourth-order valence-electron chi connectivity index (χ4n) is 5.46. The normalized spacial score (nSPS) is 45.2. The van der Waals surface area contributed by atoms with Gasteiger partial charge in [-0.3, -0.25) is 0 Å². The van der Waals surface area contributed by atoms with Crippen LogP contribution >= 0.6 is 0 Å². The van der Waals surface area contributed by atoms with Gasteiger partial charge < -0.3 is 10.2 Å². The molecule has 2 aliphatic carbocycles. The van der Waals surface area contributed by atoms with Crippen molar-refractivity contribution in [3.8, 4) is 0 Å². The summed E-state index contributed by atoms with van der Waals surface area (Å²) in [6.45, 7) is 14.9. The molecule has 0 aromatic rings. The number of nitrogens with zero attached hydrogens (tertiary/aromatic N) is 1. The van der Waals surface area contributed by atoms with Crippen LogP contribution in [-0.2, 0) is 0 Å². The van der Waals surface area contributed by atoms with Gasteiger partial charge in [0.25, 0.3) is 0 Å². The molecule has 2 heteroatoms. The highest BCUT2D eigenvalue weighted by Crippen LogP contribution is 2.62. The van der Waals surface area contributed by atoms with Crippen LogP contribution in [0.15, 0.2) is 0 Å². The molecule has 1 saturated heterocycles. The summed E-state index contributed by atoms with van der Waals surface area (Å²) in [5.74, 6) is 1.85. The van der Waals surface area contributed by atoms with Crippen molar-refractivity contribution in [3.63, 3.8) is 0 Å². The topological polar surface area (TPSA) is 15.3 Å². The van der Waals surface area contributed by atoms with Crippen LogP contribution in [0.1, 0.15) is 53.4 Å². The minimum absolute atomic E-state index is 0.510. The fourth-order valence-corrected chi connectivity index (χ4v) is 5.46. The zero-order valence-electron chi connectivity index (χ0n) is 13.3. The second-order valence-electron chi connectivity index (χ2n) is 8.30. The molecule has 19 heavy (non-hydrogen) atoms. The molecule has 0 radical (unpaired) electrons. The van der Waals surface area contributed by atoms with Crippen LogP contribution in [0.25, 0.3) is 0 Å². The summed E-state index contributed by atoms with van der Waals surface area (Å²) in [6, 6.07) is 0.745. The summed E-state index contributed by atoms with van der Waals surface area (Å²) in [5.41, 5.74) is 1.09. The Morgan fingerprint density at radius 3 is 2.58 bits per heavy atom. The first kappa shape index (κ1) is 13.9. The number of fused-ring (bicyclic) bond motifs is 2. The number of rotatable bonds is 4. The molecule has 1 heterocycles. The molecule has 2 saturated carbocycles. The molecule has 0 aromatic carbocycles. The van der Waals surface area contributed by atoms with Gasteiger partial charge in [-0.1, -0.05) is 27.7 Å². The zero-order valence-corrected chi connectivity index (χ0v) is 13.3. The number of hydrogen-bond acceptors (Lipinski definition) is 2. The molecule has 3 fully saturated rings. The van der Waals surface area contributed by atoms with Crippen LogP contribution in [0.2, 0.25) is 0 Å². The van der Waals surface area contributed by atoms with Crippen molar-refractivity contribution in [1.29, 1.82) is 0 Å². The van der Waals surface area contributed by atoms with Gasteiger partial charge in [-0.25, -0.2) is 0 Å². The Labute approximate surface area is 119 Å². The van der Waals surface area contributed by atoms with E-state index in [1.807, 2.05) is 0 Å². The molecule has 0 spiro atoms. The van der Waals surface area contributed by atoms with E-state index < -0.39 is 0 Å². The van der Waals surface area contributed by atoms with Crippen molar-refractivity contribution in [3.05, 3.63) is 0 Å². The zero-order chi connectivity index (χ0) is 13.7. The molecule has 0 amide bonds. The number of likely N-dealkylation sites (tertiary alicyclic amines) is 1. The van der Waals surface area contributed by atoms with E-state index in [1.54, 1.807) is 0 Å². The Hall–Kier alpha value is -0.0800. The van der Waals surface area contributed by atoms with Gasteiger partial charge in [0.05, 0.1) is 0 Å². The second kappa shape index (κ2) is 4.73. The molecule has 4 atom stereocenters. The predicted octanol–water partition coefficient (Wildman–Crippen LogP) is 3.13. The summed E-state index contributed by atoms with van der Waals surface area (Å²) in [4.78, 5) is 2.60. The lowest BCUT2D eigenvalue weighted by molar-refractivity contribution is 0.105. The van der Waals surface area contributed by atoms with Crippen molar-refractivity contribution in [2.45, 2.75) is 59.4 Å². The third-order valence-corrected chi connectivity index (χ3v) is 6.70. The van der Waals surface area contributed by atoms with E-state index in [1.165, 1.54) is 51.9 Å². The van der Waals surface area contributed by atoms with E-state index in [2.05, 4.69) is 37.9 Å². The van der Waals surface area contributed by atoms with Crippen molar-refractivity contribution >= 4 is 0 Å². The van der Waals surface area contributed by atoms with Crippen molar-refractivity contribution in [1.82, 2.24) is 10.2 Å². The van der Waals surface area contributed by atoms with Gasteiger partial charge >= 0.3 is 0 Å². The van der Waals surface area contributed by atoms with Crippen LogP contribution in [0.4, 0.5) is 0 Å². The van der Waals surface area contributed by atoms with Gasteiger partial charge in [-0.2, -0.15) is 0 Å². The molecule has 110 valence electrons. The second-order valence-corrected chi connectivity index (χ2v) is 8.30. The monoisotopic (exact) mass is 264 g/mol. The molecule has 2 nitrogen and oxygen atoms in total. The molecule has 1 aliphatic heterocycles. The maximum Gasteiger partial charge on any atom is 0.0175 e. The highest BCUT2D eigenvalue weighted by Gasteiger charge is 2.58. The Morgan fingerprint density at radius 1 is 1.21 bits per heavy atom. The van der Waals surface area contributed by atoms with Crippen LogP contribution in [0.3, 0.4) is 0 Å². The minimum Gasteiger partial charge on any atom is -0.313 e. The van der Waals surface area contributed by atoms with E-state index in [4.69, 9.17) is 0 Å². The maximum absolute atomic E-state index is 4.00. The highest BCUT2D eigenvalue weighted by molar-refractivity contribution is 5.12. The molecule has 1 N–H and O–H groups in total. The first-order chi connectivity index (χ1) is 8.95. The average molecular weight is 264 g/mol. The number of nitrogens with one attached hydrogen (secondary N) is 1. The van der Waals surface area contributed by atoms with Gasteiger partial charge in [-0.15, -0.1) is 0 Å². The van der Waals surface area contributed by atoms with Crippen LogP contribution in [0, 0.1) is 22.7 Å². The van der Waals surface area contributed by atoms with Gasteiger partial charge in [0.15, 0.2) is 0 Å². The Bertz CT molecular complexity index is 333. The Balaban J connectivity index is 1.58. The van der Waals surface area contributed by atoms with Gasteiger partial charge in [0.2, 0.25) is 0 Å². The van der Waals surface area contributed by atoms with Crippen molar-refractivity contribution < 1.29 is 0 Å². The molecular weight excluding hydrogens is 232 g/mol. The van der Waals surface area contributed by atoms with Crippen LogP contribution < -0.4 is 5.32 Å². The SMILES string of the molecule is CCN1CCC(CNC2C3(C)CCC(C3)C2(C)C)C1. The third-order valence-electron chi connectivity index (χ3n) is 6.70. The summed E-state index contributed by atoms with van der Waals surface area (Å²) in [6.07, 6.45) is 5.77. The lowest BCUT2D eigenvalue weighted by Crippen LogP contribution is -2.51. The highest BCUT2D eigenvalue weighted by atomic mass is 15.1. The van der Waals surface area contributed by atoms with E-state index in [0.717, 1.165) is 17.9 Å². The smallest absolute Gasteiger partial charge is 0.0175 e. The standard InChI is InChI=1S/C17H32N2/c1-5-19-9-7-13(12-19)11-18-15-16(2,3)14-6-8-17(15,4)10-14/h13-15,18H,5-12H2,1-4H3. The minimum atomic E-state index is 0.510. The first-order valence-electron chi connectivity index (χ1n) is 8.41.